The monoisotopic (exact) mass is 203 g/mol. The average molecular weight is 203 g/mol. The van der Waals surface area contributed by atoms with Crippen molar-refractivity contribution in [2.75, 3.05) is 0 Å². The molecule has 80 valence electrons. The van der Waals surface area contributed by atoms with Crippen molar-refractivity contribution in [2.24, 2.45) is 5.92 Å². The van der Waals surface area contributed by atoms with Crippen molar-refractivity contribution >= 4 is 0 Å². The quantitative estimate of drug-likeness (QED) is 0.818. The standard InChI is InChI=1S/C13H17NO/c15-8-12-6-13-10(5-9-1-2-9)3-4-11(13)7-14-12/h6-7,9-10,15H,1-5,8H2/t10-/m0/s1. The van der Waals surface area contributed by atoms with E-state index in [1.54, 1.807) is 0 Å². The Morgan fingerprint density at radius 3 is 2.93 bits per heavy atom. The van der Waals surface area contributed by atoms with E-state index in [1.807, 2.05) is 6.20 Å². The lowest BCUT2D eigenvalue weighted by Crippen LogP contribution is -1.98. The van der Waals surface area contributed by atoms with Gasteiger partial charge in [-0.15, -0.1) is 0 Å². The molecule has 0 aliphatic heterocycles. The number of nitrogens with zero attached hydrogens (tertiary/aromatic N) is 1. The fourth-order valence-electron chi connectivity index (χ4n) is 2.71. The number of hydrogen-bond donors (Lipinski definition) is 1. The second kappa shape index (κ2) is 3.60. The van der Waals surface area contributed by atoms with Crippen molar-refractivity contribution in [2.45, 2.75) is 44.6 Å². The van der Waals surface area contributed by atoms with Crippen LogP contribution in [0.1, 0.15) is 48.4 Å². The van der Waals surface area contributed by atoms with Gasteiger partial charge in [0, 0.05) is 6.20 Å². The van der Waals surface area contributed by atoms with Crippen LogP contribution < -0.4 is 0 Å². The summed E-state index contributed by atoms with van der Waals surface area (Å²) in [6, 6.07) is 2.12. The Morgan fingerprint density at radius 1 is 1.33 bits per heavy atom. The maximum absolute atomic E-state index is 9.09. The summed E-state index contributed by atoms with van der Waals surface area (Å²) in [5.41, 5.74) is 3.72. The van der Waals surface area contributed by atoms with Crippen LogP contribution >= 0.6 is 0 Å². The first kappa shape index (κ1) is 9.34. The Bertz CT molecular complexity index is 371. The number of hydrogen-bond acceptors (Lipinski definition) is 2. The fourth-order valence-corrected chi connectivity index (χ4v) is 2.71. The van der Waals surface area contributed by atoms with Gasteiger partial charge in [0.2, 0.25) is 0 Å². The van der Waals surface area contributed by atoms with Crippen LogP contribution in [0.15, 0.2) is 12.3 Å². The van der Waals surface area contributed by atoms with Crippen LogP contribution in [0.3, 0.4) is 0 Å². The molecular weight excluding hydrogens is 186 g/mol. The second-order valence-electron chi connectivity index (χ2n) is 4.95. The first-order chi connectivity index (χ1) is 7.36. The van der Waals surface area contributed by atoms with Gasteiger partial charge in [-0.05, 0) is 48.3 Å². The predicted molar refractivity (Wildman–Crippen MR) is 58.6 cm³/mol. The van der Waals surface area contributed by atoms with Crippen molar-refractivity contribution in [3.8, 4) is 0 Å². The van der Waals surface area contributed by atoms with E-state index in [0.29, 0.717) is 0 Å². The Morgan fingerprint density at radius 2 is 2.20 bits per heavy atom. The number of rotatable bonds is 3. The van der Waals surface area contributed by atoms with Gasteiger partial charge in [-0.25, -0.2) is 0 Å². The highest BCUT2D eigenvalue weighted by Crippen LogP contribution is 2.44. The van der Waals surface area contributed by atoms with E-state index in [2.05, 4.69) is 11.1 Å². The van der Waals surface area contributed by atoms with Crippen LogP contribution in [-0.4, -0.2) is 10.1 Å². The SMILES string of the molecule is OCc1cc2c(cn1)CC[C@H]2CC1CC1. The topological polar surface area (TPSA) is 33.1 Å². The van der Waals surface area contributed by atoms with Crippen LogP contribution in [0.2, 0.25) is 0 Å². The lowest BCUT2D eigenvalue weighted by atomic mass is 9.95. The number of pyridine rings is 1. The molecule has 1 aromatic heterocycles. The zero-order valence-electron chi connectivity index (χ0n) is 8.95. The molecule has 2 nitrogen and oxygen atoms in total. The van der Waals surface area contributed by atoms with Crippen LogP contribution in [0.25, 0.3) is 0 Å². The third-order valence-electron chi connectivity index (χ3n) is 3.76. The normalized spacial score (nSPS) is 24.2. The summed E-state index contributed by atoms with van der Waals surface area (Å²) in [5.74, 6) is 1.74. The zero-order valence-corrected chi connectivity index (χ0v) is 8.95. The fraction of sp³-hybridized carbons (Fsp3) is 0.615. The Balaban J connectivity index is 1.85. The van der Waals surface area contributed by atoms with Gasteiger partial charge in [-0.3, -0.25) is 4.98 Å². The molecule has 0 saturated heterocycles. The lowest BCUT2D eigenvalue weighted by Gasteiger charge is -2.11. The average Bonchev–Trinajstić information content (AvgIpc) is 3.00. The molecule has 0 bridgehead atoms. The smallest absolute Gasteiger partial charge is 0.0853 e. The number of aryl methyl sites for hydroxylation is 1. The maximum atomic E-state index is 9.09. The number of aliphatic hydroxyl groups is 1. The molecule has 2 heteroatoms. The molecule has 0 unspecified atom stereocenters. The van der Waals surface area contributed by atoms with Gasteiger partial charge in [0.15, 0.2) is 0 Å². The molecule has 1 aromatic rings. The largest absolute Gasteiger partial charge is 0.390 e. The van der Waals surface area contributed by atoms with E-state index < -0.39 is 0 Å². The molecule has 1 N–H and O–H groups in total. The van der Waals surface area contributed by atoms with Crippen molar-refractivity contribution in [1.82, 2.24) is 4.98 Å². The maximum Gasteiger partial charge on any atom is 0.0853 e. The summed E-state index contributed by atoms with van der Waals surface area (Å²) in [7, 11) is 0. The number of aliphatic hydroxyl groups excluding tert-OH is 1. The molecule has 1 heterocycles. The molecular formula is C13H17NO. The van der Waals surface area contributed by atoms with Crippen LogP contribution in [0.5, 0.6) is 0 Å². The third-order valence-corrected chi connectivity index (χ3v) is 3.76. The highest BCUT2D eigenvalue weighted by Gasteiger charge is 2.30. The van der Waals surface area contributed by atoms with E-state index >= 15 is 0 Å². The third kappa shape index (κ3) is 1.78. The molecule has 15 heavy (non-hydrogen) atoms. The molecule has 1 atom stereocenters. The summed E-state index contributed by atoms with van der Waals surface area (Å²) in [6.45, 7) is 0.0728. The van der Waals surface area contributed by atoms with Gasteiger partial charge < -0.3 is 5.11 Å². The summed E-state index contributed by atoms with van der Waals surface area (Å²) < 4.78 is 0. The minimum atomic E-state index is 0.0728. The van der Waals surface area contributed by atoms with Crippen LogP contribution in [0.4, 0.5) is 0 Å². The van der Waals surface area contributed by atoms with E-state index in [1.165, 1.54) is 43.2 Å². The molecule has 2 aliphatic rings. The molecule has 1 fully saturated rings. The predicted octanol–water partition coefficient (Wildman–Crippen LogP) is 2.40. The summed E-state index contributed by atoms with van der Waals surface area (Å²) >= 11 is 0. The van der Waals surface area contributed by atoms with Crippen molar-refractivity contribution < 1.29 is 5.11 Å². The molecule has 0 aromatic carbocycles. The zero-order chi connectivity index (χ0) is 10.3. The Hall–Kier alpha value is -0.890. The van der Waals surface area contributed by atoms with Crippen LogP contribution in [-0.2, 0) is 13.0 Å². The number of aromatic nitrogens is 1. The van der Waals surface area contributed by atoms with Crippen molar-refractivity contribution in [1.29, 1.82) is 0 Å². The Kier molecular flexibility index (Phi) is 2.24. The number of fused-ring (bicyclic) bond motifs is 1. The minimum Gasteiger partial charge on any atom is -0.390 e. The molecule has 0 amide bonds. The van der Waals surface area contributed by atoms with Gasteiger partial charge in [-0.1, -0.05) is 12.8 Å². The van der Waals surface area contributed by atoms with Crippen LogP contribution in [0, 0.1) is 5.92 Å². The highest BCUT2D eigenvalue weighted by molar-refractivity contribution is 5.34. The first-order valence-electron chi connectivity index (χ1n) is 5.95. The van der Waals surface area contributed by atoms with Gasteiger partial charge in [-0.2, -0.15) is 0 Å². The highest BCUT2D eigenvalue weighted by atomic mass is 16.3. The Labute approximate surface area is 90.4 Å². The lowest BCUT2D eigenvalue weighted by molar-refractivity contribution is 0.276. The summed E-state index contributed by atoms with van der Waals surface area (Å²) in [4.78, 5) is 4.25. The summed E-state index contributed by atoms with van der Waals surface area (Å²) in [5, 5.41) is 9.09. The molecule has 3 rings (SSSR count). The van der Waals surface area contributed by atoms with Gasteiger partial charge in [0.25, 0.3) is 0 Å². The first-order valence-corrected chi connectivity index (χ1v) is 5.95. The molecule has 0 radical (unpaired) electrons. The van der Waals surface area contributed by atoms with E-state index in [-0.39, 0.29) is 6.61 Å². The van der Waals surface area contributed by atoms with E-state index in [9.17, 15) is 0 Å². The summed E-state index contributed by atoms with van der Waals surface area (Å²) in [6.07, 6.45) is 8.68. The van der Waals surface area contributed by atoms with Gasteiger partial charge >= 0.3 is 0 Å². The second-order valence-corrected chi connectivity index (χ2v) is 4.95. The minimum absolute atomic E-state index is 0.0728. The van der Waals surface area contributed by atoms with E-state index in [4.69, 9.17) is 5.11 Å². The van der Waals surface area contributed by atoms with Gasteiger partial charge in [0.05, 0.1) is 12.3 Å². The van der Waals surface area contributed by atoms with Crippen molar-refractivity contribution in [3.63, 3.8) is 0 Å². The van der Waals surface area contributed by atoms with Crippen molar-refractivity contribution in [3.05, 3.63) is 29.1 Å². The molecule has 2 aliphatic carbocycles. The van der Waals surface area contributed by atoms with Gasteiger partial charge in [0.1, 0.15) is 0 Å². The van der Waals surface area contributed by atoms with E-state index in [0.717, 1.165) is 17.5 Å². The molecule has 1 saturated carbocycles. The molecule has 0 spiro atoms.